The van der Waals surface area contributed by atoms with Crippen LogP contribution in [0.25, 0.3) is 0 Å². The lowest BCUT2D eigenvalue weighted by molar-refractivity contribution is 0.172. The fourth-order valence-electron chi connectivity index (χ4n) is 4.88. The Morgan fingerprint density at radius 2 is 1.68 bits per heavy atom. The van der Waals surface area contributed by atoms with Crippen LogP contribution in [0.5, 0.6) is 0 Å². The zero-order valence-electron chi connectivity index (χ0n) is 16.5. The largest absolute Gasteiger partial charge is 0.0782 e. The minimum atomic E-state index is 0.349. The van der Waals surface area contributed by atoms with Gasteiger partial charge in [0.25, 0.3) is 0 Å². The van der Waals surface area contributed by atoms with E-state index in [0.717, 1.165) is 17.8 Å². The molecule has 1 aliphatic rings. The summed E-state index contributed by atoms with van der Waals surface area (Å²) in [6, 6.07) is 0. The van der Waals surface area contributed by atoms with E-state index in [4.69, 9.17) is 0 Å². The van der Waals surface area contributed by atoms with Crippen LogP contribution in [-0.4, -0.2) is 0 Å². The van der Waals surface area contributed by atoms with E-state index in [1.807, 2.05) is 0 Å². The molecule has 0 nitrogen and oxygen atoms in total. The second-order valence-corrected chi connectivity index (χ2v) is 8.99. The molecule has 0 aromatic rings. The summed E-state index contributed by atoms with van der Waals surface area (Å²) in [5.74, 6) is 3.01. The predicted octanol–water partition coefficient (Wildman–Crippen LogP) is 7.41. The van der Waals surface area contributed by atoms with Crippen LogP contribution >= 0.6 is 0 Å². The van der Waals surface area contributed by atoms with Crippen molar-refractivity contribution >= 4 is 0 Å². The quantitative estimate of drug-likeness (QED) is 0.474. The number of unbranched alkanes of at least 4 members (excludes halogenated alkanes) is 2. The summed E-state index contributed by atoms with van der Waals surface area (Å²) in [6.45, 7) is 19.1. The van der Waals surface area contributed by atoms with Gasteiger partial charge in [-0.25, -0.2) is 0 Å². The maximum atomic E-state index is 2.57. The van der Waals surface area contributed by atoms with E-state index >= 15 is 0 Å². The fraction of sp³-hybridized carbons (Fsp3) is 0.818. The molecule has 0 radical (unpaired) electrons. The van der Waals surface area contributed by atoms with Gasteiger partial charge >= 0.3 is 0 Å². The van der Waals surface area contributed by atoms with Crippen LogP contribution < -0.4 is 0 Å². The Balaban J connectivity index is 3.02. The minimum Gasteiger partial charge on any atom is -0.0782 e. The lowest BCUT2D eigenvalue weighted by Gasteiger charge is -2.38. The van der Waals surface area contributed by atoms with E-state index in [1.54, 1.807) is 5.57 Å². The zero-order chi connectivity index (χ0) is 16.9. The molecule has 0 aromatic heterocycles. The predicted molar refractivity (Wildman–Crippen MR) is 101 cm³/mol. The molecule has 0 saturated carbocycles. The van der Waals surface area contributed by atoms with Gasteiger partial charge in [0, 0.05) is 0 Å². The van der Waals surface area contributed by atoms with Crippen molar-refractivity contribution in [1.82, 2.24) is 0 Å². The molecule has 0 saturated heterocycles. The summed E-state index contributed by atoms with van der Waals surface area (Å²) in [4.78, 5) is 0. The van der Waals surface area contributed by atoms with E-state index in [-0.39, 0.29) is 0 Å². The van der Waals surface area contributed by atoms with Gasteiger partial charge in [0.2, 0.25) is 0 Å². The molecule has 1 aliphatic carbocycles. The van der Waals surface area contributed by atoms with Crippen molar-refractivity contribution in [2.75, 3.05) is 0 Å². The molecule has 0 amide bonds. The smallest absolute Gasteiger partial charge is 0.0128 e. The number of rotatable bonds is 4. The van der Waals surface area contributed by atoms with Gasteiger partial charge in [0.15, 0.2) is 0 Å². The average molecular weight is 305 g/mol. The van der Waals surface area contributed by atoms with Gasteiger partial charge in [0.1, 0.15) is 0 Å². The first-order valence-electron chi connectivity index (χ1n) is 9.53. The third-order valence-corrected chi connectivity index (χ3v) is 5.54. The van der Waals surface area contributed by atoms with Crippen LogP contribution in [0.4, 0.5) is 0 Å². The summed E-state index contributed by atoms with van der Waals surface area (Å²) in [7, 11) is 0. The SMILES string of the molecule is CCCCCC1C=C(C)C=C(C)C(C(C)(C)C)C(C)CC1C. The van der Waals surface area contributed by atoms with Gasteiger partial charge in [-0.2, -0.15) is 0 Å². The molecule has 0 heterocycles. The molecule has 0 N–H and O–H groups in total. The Bertz CT molecular complexity index is 391. The monoisotopic (exact) mass is 304 g/mol. The van der Waals surface area contributed by atoms with Crippen molar-refractivity contribution in [3.63, 3.8) is 0 Å². The first kappa shape index (κ1) is 19.5. The molecule has 4 atom stereocenters. The molecule has 0 aliphatic heterocycles. The second-order valence-electron chi connectivity index (χ2n) is 8.99. The van der Waals surface area contributed by atoms with E-state index < -0.39 is 0 Å². The zero-order valence-corrected chi connectivity index (χ0v) is 16.5. The molecule has 0 fully saturated rings. The topological polar surface area (TPSA) is 0 Å². The van der Waals surface area contributed by atoms with Crippen LogP contribution in [-0.2, 0) is 0 Å². The Kier molecular flexibility index (Phi) is 7.42. The molecule has 0 spiro atoms. The Morgan fingerprint density at radius 3 is 2.23 bits per heavy atom. The summed E-state index contributed by atoms with van der Waals surface area (Å²) in [5.41, 5.74) is 3.41. The third-order valence-electron chi connectivity index (χ3n) is 5.54. The molecule has 0 heteroatoms. The van der Waals surface area contributed by atoms with E-state index in [2.05, 4.69) is 67.5 Å². The molecule has 1 rings (SSSR count). The second kappa shape index (κ2) is 8.37. The normalized spacial score (nSPS) is 30.9. The van der Waals surface area contributed by atoms with Gasteiger partial charge in [0.05, 0.1) is 0 Å². The van der Waals surface area contributed by atoms with Gasteiger partial charge in [-0.3, -0.25) is 0 Å². The number of allylic oxidation sites excluding steroid dienone is 4. The highest BCUT2D eigenvalue weighted by Gasteiger charge is 2.33. The first-order chi connectivity index (χ1) is 10.2. The van der Waals surface area contributed by atoms with Crippen molar-refractivity contribution in [1.29, 1.82) is 0 Å². The Hall–Kier alpha value is -0.520. The number of hydrogen-bond acceptors (Lipinski definition) is 0. The van der Waals surface area contributed by atoms with Crippen molar-refractivity contribution in [3.05, 3.63) is 23.3 Å². The standard InChI is InChI=1S/C22H40/c1-9-10-11-12-20-14-16(2)13-18(4)21(22(6,7)8)19(5)15-17(20)3/h13-14,17,19-21H,9-12,15H2,1-8H3. The highest BCUT2D eigenvalue weighted by atomic mass is 14.4. The van der Waals surface area contributed by atoms with Crippen molar-refractivity contribution in [2.24, 2.45) is 29.1 Å². The van der Waals surface area contributed by atoms with Gasteiger partial charge in [-0.1, -0.05) is 84.1 Å². The van der Waals surface area contributed by atoms with Crippen molar-refractivity contribution in [3.8, 4) is 0 Å². The van der Waals surface area contributed by atoms with Crippen LogP contribution in [0.2, 0.25) is 0 Å². The Morgan fingerprint density at radius 1 is 1.05 bits per heavy atom. The van der Waals surface area contributed by atoms with Gasteiger partial charge in [-0.05, 0) is 55.8 Å². The molecule has 4 unspecified atom stereocenters. The van der Waals surface area contributed by atoms with Crippen LogP contribution in [0, 0.1) is 29.1 Å². The van der Waals surface area contributed by atoms with E-state index in [1.165, 1.54) is 37.7 Å². The van der Waals surface area contributed by atoms with Crippen molar-refractivity contribution in [2.45, 2.75) is 87.5 Å². The van der Waals surface area contributed by atoms with Crippen molar-refractivity contribution < 1.29 is 0 Å². The Labute approximate surface area is 140 Å². The van der Waals surface area contributed by atoms with Gasteiger partial charge in [-0.15, -0.1) is 0 Å². The average Bonchev–Trinajstić information content (AvgIpc) is 2.38. The summed E-state index contributed by atoms with van der Waals surface area (Å²) >= 11 is 0. The molecule has 0 aromatic carbocycles. The number of hydrogen-bond donors (Lipinski definition) is 0. The van der Waals surface area contributed by atoms with Crippen LogP contribution in [0.3, 0.4) is 0 Å². The molecule has 22 heavy (non-hydrogen) atoms. The first-order valence-corrected chi connectivity index (χ1v) is 9.53. The summed E-state index contributed by atoms with van der Waals surface area (Å²) in [5, 5.41) is 0. The maximum absolute atomic E-state index is 2.57. The summed E-state index contributed by atoms with van der Waals surface area (Å²) in [6.07, 6.45) is 11.9. The lowest BCUT2D eigenvalue weighted by Crippen LogP contribution is -2.29. The molecule has 0 bridgehead atoms. The minimum absolute atomic E-state index is 0.349. The molecular weight excluding hydrogens is 264 g/mol. The van der Waals surface area contributed by atoms with Gasteiger partial charge < -0.3 is 0 Å². The van der Waals surface area contributed by atoms with Crippen LogP contribution in [0.15, 0.2) is 23.3 Å². The highest BCUT2D eigenvalue weighted by Crippen LogP contribution is 2.42. The molecular formula is C22H40. The van der Waals surface area contributed by atoms with E-state index in [0.29, 0.717) is 11.3 Å². The van der Waals surface area contributed by atoms with Crippen LogP contribution in [0.1, 0.15) is 87.5 Å². The van der Waals surface area contributed by atoms with E-state index in [9.17, 15) is 0 Å². The fourth-order valence-corrected chi connectivity index (χ4v) is 4.88. The lowest BCUT2D eigenvalue weighted by atomic mass is 9.67. The highest BCUT2D eigenvalue weighted by molar-refractivity contribution is 5.25. The molecule has 128 valence electrons. The third kappa shape index (κ3) is 5.60. The summed E-state index contributed by atoms with van der Waals surface area (Å²) < 4.78 is 0. The maximum Gasteiger partial charge on any atom is -0.0128 e.